The van der Waals surface area contributed by atoms with Crippen molar-refractivity contribution in [3.8, 4) is 0 Å². The van der Waals surface area contributed by atoms with Gasteiger partial charge in [0, 0.05) is 23.4 Å². The molecule has 0 aliphatic heterocycles. The largest absolute Gasteiger partial charge is 0.342 e. The van der Waals surface area contributed by atoms with Crippen LogP contribution in [-0.2, 0) is 17.6 Å². The van der Waals surface area contributed by atoms with Crippen LogP contribution in [0.3, 0.4) is 0 Å². The van der Waals surface area contributed by atoms with Crippen molar-refractivity contribution in [1.29, 1.82) is 0 Å². The number of rotatable bonds is 7. The summed E-state index contributed by atoms with van der Waals surface area (Å²) >= 11 is 3.43. The van der Waals surface area contributed by atoms with E-state index >= 15 is 0 Å². The van der Waals surface area contributed by atoms with Gasteiger partial charge in [-0.25, -0.2) is 9.97 Å². The summed E-state index contributed by atoms with van der Waals surface area (Å²) in [5.74, 6) is 2.30. The number of carbonyl (C=O) groups is 1. The van der Waals surface area contributed by atoms with Crippen LogP contribution in [0, 0.1) is 12.8 Å². The number of amides is 1. The highest BCUT2D eigenvalue weighted by Gasteiger charge is 2.27. The van der Waals surface area contributed by atoms with E-state index < -0.39 is 0 Å². The third kappa shape index (κ3) is 3.70. The molecule has 1 amide bonds. The third-order valence-electron chi connectivity index (χ3n) is 5.00. The molecule has 2 aromatic rings. The molecule has 0 radical (unpaired) electrons. The molecule has 0 spiro atoms. The molecular weight excluding hydrogens is 350 g/mol. The fourth-order valence-electron chi connectivity index (χ4n) is 3.59. The predicted molar refractivity (Wildman–Crippen MR) is 104 cm³/mol. The molecule has 0 atom stereocenters. The molecule has 4 nitrogen and oxygen atoms in total. The van der Waals surface area contributed by atoms with Crippen molar-refractivity contribution in [3.05, 3.63) is 16.3 Å². The lowest BCUT2D eigenvalue weighted by Crippen LogP contribution is -2.34. The summed E-state index contributed by atoms with van der Waals surface area (Å²) in [5.41, 5.74) is 1.44. The first-order valence-corrected chi connectivity index (χ1v) is 11.2. The molecule has 0 aromatic carbocycles. The number of carbonyl (C=O) groups excluding carboxylic acids is 1. The molecule has 0 saturated heterocycles. The zero-order valence-corrected chi connectivity index (χ0v) is 16.6. The maximum atomic E-state index is 12.7. The minimum atomic E-state index is 0.259. The molecule has 2 aromatic heterocycles. The highest BCUT2D eigenvalue weighted by atomic mass is 32.2. The van der Waals surface area contributed by atoms with Gasteiger partial charge in [0.2, 0.25) is 5.91 Å². The highest BCUT2D eigenvalue weighted by Crippen LogP contribution is 2.40. The van der Waals surface area contributed by atoms with Crippen LogP contribution in [0.15, 0.2) is 5.03 Å². The SMILES string of the molecule is CCCN(CC1CC1)C(=O)CSc1nc(C)nc2sc3c(c12)CCC3. The Morgan fingerprint density at radius 2 is 2.16 bits per heavy atom. The van der Waals surface area contributed by atoms with E-state index in [1.165, 1.54) is 41.5 Å². The van der Waals surface area contributed by atoms with Gasteiger partial charge in [-0.3, -0.25) is 4.79 Å². The van der Waals surface area contributed by atoms with Crippen LogP contribution in [0.25, 0.3) is 10.2 Å². The summed E-state index contributed by atoms with van der Waals surface area (Å²) in [6.07, 6.45) is 7.13. The average Bonchev–Trinajstić information content (AvgIpc) is 3.17. The third-order valence-corrected chi connectivity index (χ3v) is 7.14. The van der Waals surface area contributed by atoms with Gasteiger partial charge in [-0.2, -0.15) is 0 Å². The maximum Gasteiger partial charge on any atom is 0.232 e. The van der Waals surface area contributed by atoms with Gasteiger partial charge < -0.3 is 4.90 Å². The van der Waals surface area contributed by atoms with Crippen molar-refractivity contribution in [1.82, 2.24) is 14.9 Å². The zero-order chi connectivity index (χ0) is 17.4. The van der Waals surface area contributed by atoms with E-state index in [1.54, 1.807) is 11.8 Å². The molecule has 2 aliphatic rings. The second-order valence-electron chi connectivity index (χ2n) is 7.19. The molecule has 6 heteroatoms. The van der Waals surface area contributed by atoms with E-state index in [2.05, 4.69) is 21.8 Å². The molecule has 1 fully saturated rings. The van der Waals surface area contributed by atoms with E-state index in [-0.39, 0.29) is 5.91 Å². The summed E-state index contributed by atoms with van der Waals surface area (Å²) in [6, 6.07) is 0. The number of thiophene rings is 1. The van der Waals surface area contributed by atoms with Gasteiger partial charge in [0.15, 0.2) is 0 Å². The first kappa shape index (κ1) is 17.3. The maximum absolute atomic E-state index is 12.7. The Labute approximate surface area is 157 Å². The zero-order valence-electron chi connectivity index (χ0n) is 15.0. The van der Waals surface area contributed by atoms with E-state index in [1.807, 2.05) is 18.3 Å². The molecule has 2 heterocycles. The predicted octanol–water partition coefficient (Wildman–Crippen LogP) is 4.23. The monoisotopic (exact) mass is 375 g/mol. The molecule has 134 valence electrons. The van der Waals surface area contributed by atoms with Crippen molar-refractivity contribution in [3.63, 3.8) is 0 Å². The van der Waals surface area contributed by atoms with Crippen LogP contribution in [0.4, 0.5) is 0 Å². The van der Waals surface area contributed by atoms with Crippen LogP contribution in [0.5, 0.6) is 0 Å². The molecular formula is C19H25N3OS2. The lowest BCUT2D eigenvalue weighted by Gasteiger charge is -2.21. The van der Waals surface area contributed by atoms with Crippen LogP contribution in [0.2, 0.25) is 0 Å². The van der Waals surface area contributed by atoms with E-state index in [0.29, 0.717) is 5.75 Å². The normalized spacial score (nSPS) is 16.4. The van der Waals surface area contributed by atoms with Gasteiger partial charge in [0.25, 0.3) is 0 Å². The topological polar surface area (TPSA) is 46.1 Å². The first-order valence-electron chi connectivity index (χ1n) is 9.35. The molecule has 1 saturated carbocycles. The van der Waals surface area contributed by atoms with E-state index in [9.17, 15) is 4.79 Å². The summed E-state index contributed by atoms with van der Waals surface area (Å²) < 4.78 is 0. The molecule has 0 bridgehead atoms. The molecule has 2 aliphatic carbocycles. The van der Waals surface area contributed by atoms with E-state index in [0.717, 1.165) is 47.5 Å². The number of fused-ring (bicyclic) bond motifs is 3. The summed E-state index contributed by atoms with van der Waals surface area (Å²) in [5, 5.41) is 2.24. The summed E-state index contributed by atoms with van der Waals surface area (Å²) in [4.78, 5) is 26.7. The second kappa shape index (κ2) is 7.23. The minimum absolute atomic E-state index is 0.259. The smallest absolute Gasteiger partial charge is 0.232 e. The Hall–Kier alpha value is -1.14. The Balaban J connectivity index is 1.52. The Morgan fingerprint density at radius 3 is 2.92 bits per heavy atom. The second-order valence-corrected chi connectivity index (χ2v) is 9.23. The van der Waals surface area contributed by atoms with Gasteiger partial charge >= 0.3 is 0 Å². The quantitative estimate of drug-likeness (QED) is 0.537. The fourth-order valence-corrected chi connectivity index (χ4v) is 5.96. The number of hydrogen-bond donors (Lipinski definition) is 0. The Morgan fingerprint density at radius 1 is 1.32 bits per heavy atom. The number of hydrogen-bond acceptors (Lipinski definition) is 5. The number of aromatic nitrogens is 2. The van der Waals surface area contributed by atoms with Gasteiger partial charge in [0.05, 0.1) is 5.75 Å². The fraction of sp³-hybridized carbons (Fsp3) is 0.632. The lowest BCUT2D eigenvalue weighted by molar-refractivity contribution is -0.128. The van der Waals surface area contributed by atoms with Crippen molar-refractivity contribution in [2.45, 2.75) is 57.4 Å². The standard InChI is InChI=1S/C19H25N3OS2/c1-3-9-22(10-13-7-8-13)16(23)11-24-18-17-14-5-4-6-15(14)25-19(17)21-12(2)20-18/h13H,3-11H2,1-2H3. The van der Waals surface area contributed by atoms with Gasteiger partial charge in [-0.15, -0.1) is 11.3 Å². The highest BCUT2D eigenvalue weighted by molar-refractivity contribution is 8.00. The molecule has 25 heavy (non-hydrogen) atoms. The average molecular weight is 376 g/mol. The van der Waals surface area contributed by atoms with Gasteiger partial charge in [-0.05, 0) is 56.9 Å². The first-order chi connectivity index (χ1) is 12.2. The number of nitrogens with zero attached hydrogens (tertiary/aromatic N) is 3. The Bertz CT molecular complexity index is 798. The van der Waals surface area contributed by atoms with Crippen LogP contribution in [0.1, 0.15) is 48.9 Å². The summed E-state index contributed by atoms with van der Waals surface area (Å²) in [7, 11) is 0. The molecule has 4 rings (SSSR count). The van der Waals surface area contributed by atoms with Gasteiger partial charge in [0.1, 0.15) is 15.7 Å². The van der Waals surface area contributed by atoms with Crippen molar-refractivity contribution in [2.24, 2.45) is 5.92 Å². The van der Waals surface area contributed by atoms with Crippen LogP contribution < -0.4 is 0 Å². The number of thioether (sulfide) groups is 1. The van der Waals surface area contributed by atoms with Crippen molar-refractivity contribution in [2.75, 3.05) is 18.8 Å². The molecule has 0 N–H and O–H groups in total. The summed E-state index contributed by atoms with van der Waals surface area (Å²) in [6.45, 7) is 5.92. The van der Waals surface area contributed by atoms with Crippen LogP contribution >= 0.6 is 23.1 Å². The Kier molecular flexibility index (Phi) is 5.00. The van der Waals surface area contributed by atoms with Crippen molar-refractivity contribution >= 4 is 39.2 Å². The van der Waals surface area contributed by atoms with Crippen molar-refractivity contribution < 1.29 is 4.79 Å². The molecule has 0 unspecified atom stereocenters. The number of aryl methyl sites for hydroxylation is 3. The van der Waals surface area contributed by atoms with Gasteiger partial charge in [-0.1, -0.05) is 18.7 Å². The minimum Gasteiger partial charge on any atom is -0.342 e. The van der Waals surface area contributed by atoms with E-state index in [4.69, 9.17) is 0 Å². The van der Waals surface area contributed by atoms with Crippen LogP contribution in [-0.4, -0.2) is 39.6 Å². The lowest BCUT2D eigenvalue weighted by atomic mass is 10.2.